The van der Waals surface area contributed by atoms with Gasteiger partial charge in [0.1, 0.15) is 0 Å². The Kier molecular flexibility index (Phi) is 7.15. The zero-order valence-corrected chi connectivity index (χ0v) is 12.1. The van der Waals surface area contributed by atoms with Gasteiger partial charge in [-0.05, 0) is 32.6 Å². The summed E-state index contributed by atoms with van der Waals surface area (Å²) in [5, 5.41) is 6.20. The summed E-state index contributed by atoms with van der Waals surface area (Å²) in [6.45, 7) is 4.13. The van der Waals surface area contributed by atoms with E-state index in [1.807, 2.05) is 44.4 Å². The predicted molar refractivity (Wildman–Crippen MR) is 79.0 cm³/mol. The molecular formula is C15H25N3O. The van der Waals surface area contributed by atoms with E-state index in [0.29, 0.717) is 6.54 Å². The van der Waals surface area contributed by atoms with Crippen molar-refractivity contribution < 1.29 is 4.79 Å². The second-order valence-electron chi connectivity index (χ2n) is 4.97. The van der Waals surface area contributed by atoms with Crippen molar-refractivity contribution in [3.63, 3.8) is 0 Å². The number of nitrogens with one attached hydrogen (secondary N) is 2. The molecule has 0 aliphatic rings. The highest BCUT2D eigenvalue weighted by molar-refractivity contribution is 5.78. The van der Waals surface area contributed by atoms with E-state index in [-0.39, 0.29) is 11.9 Å². The molecule has 1 rings (SSSR count). The predicted octanol–water partition coefficient (Wildman–Crippen LogP) is 1.41. The molecule has 4 nitrogen and oxygen atoms in total. The third kappa shape index (κ3) is 6.36. The van der Waals surface area contributed by atoms with Gasteiger partial charge >= 0.3 is 0 Å². The van der Waals surface area contributed by atoms with E-state index in [1.54, 1.807) is 0 Å². The Morgan fingerprint density at radius 1 is 1.26 bits per heavy atom. The van der Waals surface area contributed by atoms with Crippen molar-refractivity contribution >= 4 is 5.91 Å². The molecule has 1 aromatic rings. The molecule has 0 aromatic heterocycles. The Labute approximate surface area is 116 Å². The van der Waals surface area contributed by atoms with Crippen molar-refractivity contribution in [2.75, 3.05) is 33.7 Å². The molecule has 1 unspecified atom stereocenters. The van der Waals surface area contributed by atoms with Crippen LogP contribution in [0.3, 0.4) is 0 Å². The van der Waals surface area contributed by atoms with E-state index in [9.17, 15) is 4.79 Å². The number of likely N-dealkylation sites (N-methyl/N-ethyl adjacent to an activating group) is 1. The maximum atomic E-state index is 11.9. The smallest absolute Gasteiger partial charge is 0.234 e. The summed E-state index contributed by atoms with van der Waals surface area (Å²) in [7, 11) is 4.02. The van der Waals surface area contributed by atoms with Crippen LogP contribution < -0.4 is 10.6 Å². The molecule has 0 saturated heterocycles. The first-order valence-corrected chi connectivity index (χ1v) is 6.83. The lowest BCUT2D eigenvalue weighted by atomic mass is 10.1. The fourth-order valence-corrected chi connectivity index (χ4v) is 1.91. The fourth-order valence-electron chi connectivity index (χ4n) is 1.91. The summed E-state index contributed by atoms with van der Waals surface area (Å²) in [6.07, 6.45) is 1.03. The van der Waals surface area contributed by atoms with Crippen molar-refractivity contribution in [3.05, 3.63) is 35.9 Å². The lowest BCUT2D eigenvalue weighted by Gasteiger charge is -2.23. The lowest BCUT2D eigenvalue weighted by molar-refractivity contribution is -0.121. The van der Waals surface area contributed by atoms with Crippen LogP contribution in [0.4, 0.5) is 0 Å². The van der Waals surface area contributed by atoms with Crippen LogP contribution in [0.25, 0.3) is 0 Å². The molecule has 4 heteroatoms. The maximum absolute atomic E-state index is 11.9. The first-order chi connectivity index (χ1) is 9.13. The van der Waals surface area contributed by atoms with Gasteiger partial charge in [-0.2, -0.15) is 0 Å². The molecule has 0 radical (unpaired) electrons. The van der Waals surface area contributed by atoms with Gasteiger partial charge in [0.15, 0.2) is 0 Å². The molecule has 2 N–H and O–H groups in total. The Balaban J connectivity index is 2.57. The van der Waals surface area contributed by atoms with Crippen LogP contribution >= 0.6 is 0 Å². The topological polar surface area (TPSA) is 44.4 Å². The van der Waals surface area contributed by atoms with E-state index in [2.05, 4.69) is 22.5 Å². The number of carbonyl (C=O) groups excluding carboxylic acids is 1. The summed E-state index contributed by atoms with van der Waals surface area (Å²) in [6, 6.07) is 10.1. The molecule has 0 fully saturated rings. The normalized spacial score (nSPS) is 12.4. The van der Waals surface area contributed by atoms with Crippen LogP contribution in [0.15, 0.2) is 30.3 Å². The minimum Gasteiger partial charge on any atom is -0.347 e. The summed E-state index contributed by atoms with van der Waals surface area (Å²) in [5.41, 5.74) is 1.14. The van der Waals surface area contributed by atoms with Gasteiger partial charge in [-0.1, -0.05) is 37.3 Å². The van der Waals surface area contributed by atoms with Gasteiger partial charge in [-0.3, -0.25) is 4.79 Å². The number of carbonyl (C=O) groups is 1. The van der Waals surface area contributed by atoms with Crippen LogP contribution in [0.5, 0.6) is 0 Å². The zero-order valence-electron chi connectivity index (χ0n) is 12.1. The third-order valence-electron chi connectivity index (χ3n) is 2.80. The quantitative estimate of drug-likeness (QED) is 0.697. The molecule has 0 heterocycles. The highest BCUT2D eigenvalue weighted by atomic mass is 16.2. The average molecular weight is 263 g/mol. The number of hydrogen-bond acceptors (Lipinski definition) is 3. The van der Waals surface area contributed by atoms with Gasteiger partial charge in [-0.15, -0.1) is 0 Å². The van der Waals surface area contributed by atoms with E-state index < -0.39 is 0 Å². The highest BCUT2D eigenvalue weighted by Crippen LogP contribution is 2.12. The SMILES string of the molecule is CCCNCC(=O)NC(CN(C)C)c1ccccc1. The summed E-state index contributed by atoms with van der Waals surface area (Å²) < 4.78 is 0. The monoisotopic (exact) mass is 263 g/mol. The molecule has 1 aromatic carbocycles. The molecule has 0 spiro atoms. The molecule has 106 valence electrons. The molecule has 0 saturated carbocycles. The second-order valence-corrected chi connectivity index (χ2v) is 4.97. The van der Waals surface area contributed by atoms with Crippen LogP contribution in [-0.2, 0) is 4.79 Å². The Bertz CT molecular complexity index is 365. The van der Waals surface area contributed by atoms with E-state index in [1.165, 1.54) is 0 Å². The number of hydrogen-bond donors (Lipinski definition) is 2. The number of amides is 1. The second kappa shape index (κ2) is 8.67. The molecule has 0 bridgehead atoms. The van der Waals surface area contributed by atoms with Crippen molar-refractivity contribution in [3.8, 4) is 0 Å². The fraction of sp³-hybridized carbons (Fsp3) is 0.533. The minimum atomic E-state index is 0.0344. The first kappa shape index (κ1) is 15.7. The van der Waals surface area contributed by atoms with Gasteiger partial charge in [0.25, 0.3) is 0 Å². The summed E-state index contributed by atoms with van der Waals surface area (Å²) >= 11 is 0. The molecule has 1 amide bonds. The van der Waals surface area contributed by atoms with Crippen molar-refractivity contribution in [2.24, 2.45) is 0 Å². The Morgan fingerprint density at radius 2 is 1.95 bits per heavy atom. The zero-order chi connectivity index (χ0) is 14.1. The minimum absolute atomic E-state index is 0.0344. The van der Waals surface area contributed by atoms with Gasteiger partial charge in [-0.25, -0.2) is 0 Å². The lowest BCUT2D eigenvalue weighted by Crippen LogP contribution is -2.40. The number of nitrogens with zero attached hydrogens (tertiary/aromatic N) is 1. The first-order valence-electron chi connectivity index (χ1n) is 6.83. The third-order valence-corrected chi connectivity index (χ3v) is 2.80. The van der Waals surface area contributed by atoms with Crippen LogP contribution in [0.2, 0.25) is 0 Å². The van der Waals surface area contributed by atoms with Crippen molar-refractivity contribution in [1.82, 2.24) is 15.5 Å². The molecular weight excluding hydrogens is 238 g/mol. The molecule has 1 atom stereocenters. The molecule has 19 heavy (non-hydrogen) atoms. The van der Waals surface area contributed by atoms with Crippen LogP contribution in [0, 0.1) is 0 Å². The van der Waals surface area contributed by atoms with Crippen molar-refractivity contribution in [2.45, 2.75) is 19.4 Å². The largest absolute Gasteiger partial charge is 0.347 e. The Hall–Kier alpha value is -1.39. The van der Waals surface area contributed by atoms with E-state index in [0.717, 1.165) is 25.1 Å². The summed E-state index contributed by atoms with van der Waals surface area (Å²) in [5.74, 6) is 0.0455. The standard InChI is InChI=1S/C15H25N3O/c1-4-10-16-11-15(19)17-14(12-18(2)3)13-8-6-5-7-9-13/h5-9,14,16H,4,10-12H2,1-3H3,(H,17,19). The van der Waals surface area contributed by atoms with E-state index >= 15 is 0 Å². The van der Waals surface area contributed by atoms with Gasteiger partial charge in [0, 0.05) is 6.54 Å². The molecule has 0 aliphatic heterocycles. The van der Waals surface area contributed by atoms with E-state index in [4.69, 9.17) is 0 Å². The van der Waals surface area contributed by atoms with Gasteiger partial charge in [0.05, 0.1) is 12.6 Å². The molecule has 0 aliphatic carbocycles. The number of benzene rings is 1. The van der Waals surface area contributed by atoms with Crippen molar-refractivity contribution in [1.29, 1.82) is 0 Å². The maximum Gasteiger partial charge on any atom is 0.234 e. The van der Waals surface area contributed by atoms with Crippen LogP contribution in [-0.4, -0.2) is 44.5 Å². The van der Waals surface area contributed by atoms with Gasteiger partial charge in [0.2, 0.25) is 5.91 Å². The highest BCUT2D eigenvalue weighted by Gasteiger charge is 2.14. The van der Waals surface area contributed by atoms with Crippen LogP contribution in [0.1, 0.15) is 24.9 Å². The van der Waals surface area contributed by atoms with Gasteiger partial charge < -0.3 is 15.5 Å². The Morgan fingerprint density at radius 3 is 2.53 bits per heavy atom. The summed E-state index contributed by atoms with van der Waals surface area (Å²) in [4.78, 5) is 14.0. The number of rotatable bonds is 8. The average Bonchev–Trinajstić information content (AvgIpc) is 2.39.